The Morgan fingerprint density at radius 3 is 2.68 bits per heavy atom. The molecule has 5 N–H and O–H groups in total. The number of carbonyl (C=O) groups is 2. The highest BCUT2D eigenvalue weighted by molar-refractivity contribution is 5.97. The molecular formula is C12H19N5O2. The van der Waals surface area contributed by atoms with E-state index in [0.29, 0.717) is 11.4 Å². The van der Waals surface area contributed by atoms with Crippen molar-refractivity contribution in [3.8, 4) is 0 Å². The first kappa shape index (κ1) is 14.9. The van der Waals surface area contributed by atoms with E-state index >= 15 is 0 Å². The van der Waals surface area contributed by atoms with Crippen molar-refractivity contribution in [2.45, 2.75) is 19.8 Å². The Morgan fingerprint density at radius 2 is 2.11 bits per heavy atom. The van der Waals surface area contributed by atoms with Crippen LogP contribution in [0.5, 0.6) is 0 Å². The van der Waals surface area contributed by atoms with E-state index in [4.69, 9.17) is 5.84 Å². The van der Waals surface area contributed by atoms with Crippen LogP contribution < -0.4 is 21.9 Å². The molecule has 7 heteroatoms. The number of nitrogen functional groups attached to an aromatic ring is 1. The zero-order chi connectivity index (χ0) is 14.3. The van der Waals surface area contributed by atoms with Crippen molar-refractivity contribution in [1.29, 1.82) is 0 Å². The molecule has 0 aliphatic rings. The third-order valence-corrected chi connectivity index (χ3v) is 2.48. The number of hydrogen-bond acceptors (Lipinski definition) is 5. The van der Waals surface area contributed by atoms with Crippen LogP contribution in [0, 0.1) is 0 Å². The molecule has 0 aliphatic heterocycles. The summed E-state index contributed by atoms with van der Waals surface area (Å²) in [5, 5.41) is 4.95. The van der Waals surface area contributed by atoms with Crippen molar-refractivity contribution < 1.29 is 9.59 Å². The van der Waals surface area contributed by atoms with Crippen LogP contribution in [0.4, 0.5) is 5.82 Å². The fourth-order valence-corrected chi connectivity index (χ4v) is 1.53. The number of amides is 2. The van der Waals surface area contributed by atoms with Crippen LogP contribution in [-0.2, 0) is 11.2 Å². The maximum atomic E-state index is 11.9. The molecule has 1 aromatic heterocycles. The van der Waals surface area contributed by atoms with Crippen LogP contribution in [0.2, 0.25) is 0 Å². The van der Waals surface area contributed by atoms with E-state index in [-0.39, 0.29) is 18.4 Å². The average Bonchev–Trinajstić information content (AvgIpc) is 2.44. The van der Waals surface area contributed by atoms with Crippen LogP contribution in [0.1, 0.15) is 29.4 Å². The first-order chi connectivity index (χ1) is 9.10. The summed E-state index contributed by atoms with van der Waals surface area (Å²) in [5.74, 6) is 5.16. The summed E-state index contributed by atoms with van der Waals surface area (Å²) in [4.78, 5) is 27.2. The molecule has 0 saturated heterocycles. The number of carbonyl (C=O) groups excluding carboxylic acids is 2. The average molecular weight is 265 g/mol. The molecular weight excluding hydrogens is 246 g/mol. The molecule has 0 aromatic carbocycles. The Hall–Kier alpha value is -2.15. The van der Waals surface area contributed by atoms with E-state index in [1.807, 2.05) is 6.92 Å². The molecule has 0 saturated carbocycles. The summed E-state index contributed by atoms with van der Waals surface area (Å²) >= 11 is 0. The second kappa shape index (κ2) is 7.32. The predicted molar refractivity (Wildman–Crippen MR) is 72.4 cm³/mol. The molecule has 7 nitrogen and oxygen atoms in total. The molecule has 0 fully saturated rings. The van der Waals surface area contributed by atoms with Gasteiger partial charge in [-0.2, -0.15) is 0 Å². The number of hydrogen-bond donors (Lipinski definition) is 4. The number of aryl methyl sites for hydroxylation is 1. The number of nitrogens with two attached hydrogens (primary N) is 1. The van der Waals surface area contributed by atoms with Crippen molar-refractivity contribution >= 4 is 17.6 Å². The largest absolute Gasteiger partial charge is 0.358 e. The fraction of sp³-hybridized carbons (Fsp3) is 0.417. The van der Waals surface area contributed by atoms with Crippen molar-refractivity contribution in [2.75, 3.05) is 19.0 Å². The first-order valence-electron chi connectivity index (χ1n) is 6.07. The molecule has 0 aliphatic carbocycles. The van der Waals surface area contributed by atoms with Crippen LogP contribution >= 0.6 is 0 Å². The van der Waals surface area contributed by atoms with Gasteiger partial charge in [-0.3, -0.25) is 9.59 Å². The highest BCUT2D eigenvalue weighted by atomic mass is 16.2. The Morgan fingerprint density at radius 1 is 1.37 bits per heavy atom. The minimum atomic E-state index is -0.333. The summed E-state index contributed by atoms with van der Waals surface area (Å²) in [6, 6.07) is 3.24. The maximum absolute atomic E-state index is 11.9. The number of likely N-dealkylation sites (N-methyl/N-ethyl adjacent to an activating group) is 1. The van der Waals surface area contributed by atoms with Gasteiger partial charge in [-0.1, -0.05) is 13.3 Å². The standard InChI is InChI=1S/C12H19N5O2/c1-3-4-9-5-8(6-10(16-9)17-13)12(19)15-7-11(18)14-2/h5-6H,3-4,7,13H2,1-2H3,(H,14,18)(H,15,19)(H,16,17). The molecule has 104 valence electrons. The van der Waals surface area contributed by atoms with Gasteiger partial charge in [-0.15, -0.1) is 0 Å². The number of pyridine rings is 1. The third kappa shape index (κ3) is 4.55. The summed E-state index contributed by atoms with van der Waals surface area (Å²) < 4.78 is 0. The van der Waals surface area contributed by atoms with Gasteiger partial charge in [-0.25, -0.2) is 10.8 Å². The molecule has 1 aromatic rings. The fourth-order valence-electron chi connectivity index (χ4n) is 1.53. The van der Waals surface area contributed by atoms with Gasteiger partial charge in [0.1, 0.15) is 5.82 Å². The van der Waals surface area contributed by atoms with Crippen molar-refractivity contribution in [1.82, 2.24) is 15.6 Å². The van der Waals surface area contributed by atoms with Gasteiger partial charge in [0.05, 0.1) is 6.54 Å². The Balaban J connectivity index is 2.83. The molecule has 2 amide bonds. The SMILES string of the molecule is CCCc1cc(C(=O)NCC(=O)NC)cc(NN)n1. The maximum Gasteiger partial charge on any atom is 0.251 e. The predicted octanol–water partition coefficient (Wildman–Crippen LogP) is -0.204. The van der Waals surface area contributed by atoms with Crippen molar-refractivity contribution in [3.05, 3.63) is 23.4 Å². The molecule has 1 heterocycles. The number of hydrazine groups is 1. The number of nitrogens with one attached hydrogen (secondary N) is 3. The van der Waals surface area contributed by atoms with Gasteiger partial charge >= 0.3 is 0 Å². The lowest BCUT2D eigenvalue weighted by Gasteiger charge is -2.08. The highest BCUT2D eigenvalue weighted by Crippen LogP contribution is 2.11. The molecule has 0 spiro atoms. The highest BCUT2D eigenvalue weighted by Gasteiger charge is 2.10. The van der Waals surface area contributed by atoms with Crippen LogP contribution in [0.25, 0.3) is 0 Å². The second-order valence-corrected chi connectivity index (χ2v) is 3.98. The van der Waals surface area contributed by atoms with Gasteiger partial charge in [0.25, 0.3) is 5.91 Å². The van der Waals surface area contributed by atoms with E-state index in [2.05, 4.69) is 21.0 Å². The molecule has 0 radical (unpaired) electrons. The van der Waals surface area contributed by atoms with E-state index < -0.39 is 0 Å². The van der Waals surface area contributed by atoms with Crippen LogP contribution in [0.3, 0.4) is 0 Å². The molecule has 19 heavy (non-hydrogen) atoms. The zero-order valence-electron chi connectivity index (χ0n) is 11.1. The van der Waals surface area contributed by atoms with Crippen molar-refractivity contribution in [2.24, 2.45) is 5.84 Å². The van der Waals surface area contributed by atoms with Gasteiger partial charge in [-0.05, 0) is 18.6 Å². The summed E-state index contributed by atoms with van der Waals surface area (Å²) in [6.45, 7) is 1.96. The van der Waals surface area contributed by atoms with Gasteiger partial charge < -0.3 is 16.1 Å². The smallest absolute Gasteiger partial charge is 0.251 e. The third-order valence-electron chi connectivity index (χ3n) is 2.48. The van der Waals surface area contributed by atoms with Gasteiger partial charge in [0.15, 0.2) is 0 Å². The van der Waals surface area contributed by atoms with Gasteiger partial charge in [0, 0.05) is 18.3 Å². The zero-order valence-corrected chi connectivity index (χ0v) is 11.1. The number of rotatable bonds is 6. The lowest BCUT2D eigenvalue weighted by molar-refractivity contribution is -0.119. The summed E-state index contributed by atoms with van der Waals surface area (Å²) in [5.41, 5.74) is 3.63. The summed E-state index contributed by atoms with van der Waals surface area (Å²) in [7, 11) is 1.51. The van der Waals surface area contributed by atoms with E-state index in [9.17, 15) is 9.59 Å². The second-order valence-electron chi connectivity index (χ2n) is 3.98. The molecule has 0 atom stereocenters. The van der Waals surface area contributed by atoms with E-state index in [1.165, 1.54) is 7.05 Å². The number of anilines is 1. The molecule has 1 rings (SSSR count). The van der Waals surface area contributed by atoms with Crippen LogP contribution in [-0.4, -0.2) is 30.4 Å². The molecule has 0 unspecified atom stereocenters. The Bertz CT molecular complexity index is 461. The lowest BCUT2D eigenvalue weighted by atomic mass is 10.1. The van der Waals surface area contributed by atoms with Crippen LogP contribution in [0.15, 0.2) is 12.1 Å². The minimum absolute atomic E-state index is 0.0633. The monoisotopic (exact) mass is 265 g/mol. The van der Waals surface area contributed by atoms with E-state index in [0.717, 1.165) is 18.5 Å². The van der Waals surface area contributed by atoms with Crippen molar-refractivity contribution in [3.63, 3.8) is 0 Å². The Labute approximate surface area is 111 Å². The number of aromatic nitrogens is 1. The topological polar surface area (TPSA) is 109 Å². The number of nitrogens with zero attached hydrogens (tertiary/aromatic N) is 1. The molecule has 0 bridgehead atoms. The minimum Gasteiger partial charge on any atom is -0.358 e. The Kier molecular flexibility index (Phi) is 5.74. The summed E-state index contributed by atoms with van der Waals surface area (Å²) in [6.07, 6.45) is 1.67. The quantitative estimate of drug-likeness (QED) is 0.420. The normalized spacial score (nSPS) is 9.84. The first-order valence-corrected chi connectivity index (χ1v) is 6.07. The van der Waals surface area contributed by atoms with E-state index in [1.54, 1.807) is 12.1 Å². The van der Waals surface area contributed by atoms with Gasteiger partial charge in [0.2, 0.25) is 5.91 Å². The lowest BCUT2D eigenvalue weighted by Crippen LogP contribution is -2.35.